The highest BCUT2D eigenvalue weighted by Crippen LogP contribution is 2.42. The number of hydrogen-bond donors (Lipinski definition) is 0. The Bertz CT molecular complexity index is 430. The zero-order valence-electron chi connectivity index (χ0n) is 10.3. The first-order valence-corrected chi connectivity index (χ1v) is 6.25. The quantitative estimate of drug-likeness (QED) is 0.558. The van der Waals surface area contributed by atoms with E-state index in [0.717, 1.165) is 31.2 Å². The van der Waals surface area contributed by atoms with Crippen LogP contribution in [0.1, 0.15) is 38.2 Å². The molecule has 1 saturated carbocycles. The Balaban J connectivity index is 2.39. The van der Waals surface area contributed by atoms with Gasteiger partial charge in [0.15, 0.2) is 0 Å². The Kier molecular flexibility index (Phi) is 3.33. The minimum atomic E-state index is -0.414. The Labute approximate surface area is 103 Å². The lowest BCUT2D eigenvalue weighted by Gasteiger charge is -2.37. The fourth-order valence-electron chi connectivity index (χ4n) is 2.80. The summed E-state index contributed by atoms with van der Waals surface area (Å²) in [5, 5.41) is 0. The van der Waals surface area contributed by atoms with Gasteiger partial charge in [0.2, 0.25) is 5.78 Å². The smallest absolute Gasteiger partial charge is 0.215 e. The van der Waals surface area contributed by atoms with E-state index in [4.69, 9.17) is 6.42 Å². The molecule has 0 N–H and O–H groups in total. The number of ketones is 1. The van der Waals surface area contributed by atoms with Crippen LogP contribution in [-0.4, -0.2) is 5.78 Å². The predicted molar refractivity (Wildman–Crippen MR) is 69.6 cm³/mol. The van der Waals surface area contributed by atoms with Crippen LogP contribution in [0, 0.1) is 18.3 Å². The highest BCUT2D eigenvalue weighted by Gasteiger charge is 2.41. The summed E-state index contributed by atoms with van der Waals surface area (Å²) < 4.78 is 0. The van der Waals surface area contributed by atoms with Gasteiger partial charge in [-0.25, -0.2) is 0 Å². The molecular formula is C16H18O. The van der Waals surface area contributed by atoms with Gasteiger partial charge in [0, 0.05) is 0 Å². The van der Waals surface area contributed by atoms with Crippen molar-refractivity contribution in [3.63, 3.8) is 0 Å². The minimum Gasteiger partial charge on any atom is -0.284 e. The molecule has 0 saturated heterocycles. The number of carbonyl (C=O) groups excluding carboxylic acids is 1. The van der Waals surface area contributed by atoms with E-state index < -0.39 is 5.41 Å². The van der Waals surface area contributed by atoms with Crippen LogP contribution >= 0.6 is 0 Å². The molecule has 1 heteroatoms. The fourth-order valence-corrected chi connectivity index (χ4v) is 2.80. The standard InChI is InChI=1S/C16H18O/c1-3-15(17)16(11-9-13(2)10-12-16)14-7-5-4-6-8-14/h1,4-8,13H,9-12H2,2H3. The molecule has 2 rings (SSSR count). The van der Waals surface area contributed by atoms with Gasteiger partial charge in [-0.2, -0.15) is 0 Å². The second-order valence-corrected chi connectivity index (χ2v) is 5.10. The number of benzene rings is 1. The third kappa shape index (κ3) is 2.13. The topological polar surface area (TPSA) is 17.1 Å². The summed E-state index contributed by atoms with van der Waals surface area (Å²) in [5.74, 6) is 3.01. The largest absolute Gasteiger partial charge is 0.284 e. The number of hydrogen-bond acceptors (Lipinski definition) is 1. The van der Waals surface area contributed by atoms with Crippen molar-refractivity contribution < 1.29 is 4.79 Å². The molecule has 0 aromatic heterocycles. The van der Waals surface area contributed by atoms with Crippen LogP contribution < -0.4 is 0 Å². The number of Topliss-reactive ketones (excluding diaryl/α,β-unsaturated/α-hetero) is 1. The summed E-state index contributed by atoms with van der Waals surface area (Å²) in [4.78, 5) is 12.2. The molecule has 1 aromatic carbocycles. The summed E-state index contributed by atoms with van der Waals surface area (Å²) in [6.45, 7) is 2.25. The zero-order valence-corrected chi connectivity index (χ0v) is 10.3. The molecule has 0 unspecified atom stereocenters. The maximum absolute atomic E-state index is 12.2. The molecule has 1 aromatic rings. The molecule has 1 aliphatic rings. The van der Waals surface area contributed by atoms with E-state index in [9.17, 15) is 4.79 Å². The average Bonchev–Trinajstić information content (AvgIpc) is 2.40. The lowest BCUT2D eigenvalue weighted by molar-refractivity contribution is -0.120. The van der Waals surface area contributed by atoms with Gasteiger partial charge < -0.3 is 0 Å². The van der Waals surface area contributed by atoms with Gasteiger partial charge >= 0.3 is 0 Å². The molecule has 0 heterocycles. The van der Waals surface area contributed by atoms with Crippen molar-refractivity contribution in [3.05, 3.63) is 35.9 Å². The molecule has 1 fully saturated rings. The maximum Gasteiger partial charge on any atom is 0.215 e. The molecule has 1 aliphatic carbocycles. The van der Waals surface area contributed by atoms with E-state index in [2.05, 4.69) is 12.8 Å². The zero-order chi connectivity index (χ0) is 12.3. The Morgan fingerprint density at radius 1 is 1.29 bits per heavy atom. The van der Waals surface area contributed by atoms with Crippen LogP contribution in [0.15, 0.2) is 30.3 Å². The normalized spacial score (nSPS) is 28.4. The van der Waals surface area contributed by atoms with Gasteiger partial charge in [-0.05, 0) is 43.1 Å². The summed E-state index contributed by atoms with van der Waals surface area (Å²) in [5.41, 5.74) is 0.678. The van der Waals surface area contributed by atoms with Crippen LogP contribution in [-0.2, 0) is 10.2 Å². The van der Waals surface area contributed by atoms with Crippen molar-refractivity contribution in [1.29, 1.82) is 0 Å². The summed E-state index contributed by atoms with van der Waals surface area (Å²) in [6.07, 6.45) is 9.31. The number of terminal acetylenes is 1. The van der Waals surface area contributed by atoms with Crippen molar-refractivity contribution in [2.75, 3.05) is 0 Å². The third-order valence-electron chi connectivity index (χ3n) is 4.02. The molecule has 0 radical (unpaired) electrons. The van der Waals surface area contributed by atoms with E-state index in [1.165, 1.54) is 0 Å². The minimum absolute atomic E-state index is 0.0457. The highest BCUT2D eigenvalue weighted by molar-refractivity contribution is 6.03. The summed E-state index contributed by atoms with van der Waals surface area (Å²) in [6, 6.07) is 10.0. The van der Waals surface area contributed by atoms with Gasteiger partial charge in [0.05, 0.1) is 5.41 Å². The average molecular weight is 226 g/mol. The van der Waals surface area contributed by atoms with Gasteiger partial charge in [-0.3, -0.25) is 4.79 Å². The second kappa shape index (κ2) is 4.75. The van der Waals surface area contributed by atoms with Crippen LogP contribution in [0.4, 0.5) is 0 Å². The summed E-state index contributed by atoms with van der Waals surface area (Å²) >= 11 is 0. The molecule has 88 valence electrons. The molecule has 0 aliphatic heterocycles. The van der Waals surface area contributed by atoms with Crippen molar-refractivity contribution in [1.82, 2.24) is 0 Å². The first kappa shape index (κ1) is 11.9. The Morgan fingerprint density at radius 2 is 1.88 bits per heavy atom. The molecule has 0 bridgehead atoms. The van der Waals surface area contributed by atoms with Crippen LogP contribution in [0.25, 0.3) is 0 Å². The Morgan fingerprint density at radius 3 is 2.41 bits per heavy atom. The van der Waals surface area contributed by atoms with Crippen molar-refractivity contribution in [2.45, 2.75) is 38.0 Å². The van der Waals surface area contributed by atoms with Gasteiger partial charge in [0.1, 0.15) is 0 Å². The fraction of sp³-hybridized carbons (Fsp3) is 0.438. The molecule has 0 atom stereocenters. The molecule has 1 nitrogen and oxygen atoms in total. The molecule has 0 spiro atoms. The van der Waals surface area contributed by atoms with Gasteiger partial charge in [-0.15, -0.1) is 6.42 Å². The van der Waals surface area contributed by atoms with Crippen LogP contribution in [0.5, 0.6) is 0 Å². The lowest BCUT2D eigenvalue weighted by atomic mass is 9.65. The van der Waals surface area contributed by atoms with Crippen LogP contribution in [0.3, 0.4) is 0 Å². The Hall–Kier alpha value is -1.55. The van der Waals surface area contributed by atoms with Gasteiger partial charge in [-0.1, -0.05) is 37.3 Å². The predicted octanol–water partition coefficient (Wildman–Crippen LogP) is 3.34. The van der Waals surface area contributed by atoms with E-state index in [1.54, 1.807) is 0 Å². The third-order valence-corrected chi connectivity index (χ3v) is 4.02. The monoisotopic (exact) mass is 226 g/mol. The maximum atomic E-state index is 12.2. The van der Waals surface area contributed by atoms with Crippen LogP contribution in [0.2, 0.25) is 0 Å². The van der Waals surface area contributed by atoms with Crippen molar-refractivity contribution >= 4 is 5.78 Å². The lowest BCUT2D eigenvalue weighted by Crippen LogP contribution is -2.38. The molecule has 17 heavy (non-hydrogen) atoms. The van der Waals surface area contributed by atoms with E-state index in [-0.39, 0.29) is 5.78 Å². The molecule has 0 amide bonds. The summed E-state index contributed by atoms with van der Waals surface area (Å²) in [7, 11) is 0. The van der Waals surface area contributed by atoms with Crippen molar-refractivity contribution in [3.8, 4) is 12.3 Å². The first-order valence-electron chi connectivity index (χ1n) is 6.25. The van der Waals surface area contributed by atoms with E-state index in [1.807, 2.05) is 30.3 Å². The SMILES string of the molecule is C#CC(=O)C1(c2ccccc2)CCC(C)CC1. The van der Waals surface area contributed by atoms with Gasteiger partial charge in [0.25, 0.3) is 0 Å². The molecular weight excluding hydrogens is 208 g/mol. The first-order chi connectivity index (χ1) is 8.19. The highest BCUT2D eigenvalue weighted by atomic mass is 16.1. The second-order valence-electron chi connectivity index (χ2n) is 5.10. The number of carbonyl (C=O) groups is 1. The van der Waals surface area contributed by atoms with E-state index in [0.29, 0.717) is 5.92 Å². The number of rotatable bonds is 2. The van der Waals surface area contributed by atoms with Crippen molar-refractivity contribution in [2.24, 2.45) is 5.92 Å². The van der Waals surface area contributed by atoms with E-state index >= 15 is 0 Å².